The number of fused-ring (bicyclic) bond motifs is 1. The summed E-state index contributed by atoms with van der Waals surface area (Å²) < 4.78 is 13.4. The van der Waals surface area contributed by atoms with Gasteiger partial charge >= 0.3 is 0 Å². The van der Waals surface area contributed by atoms with E-state index in [9.17, 15) is 0 Å². The number of hydrogen-bond donors (Lipinski definition) is 0. The van der Waals surface area contributed by atoms with Gasteiger partial charge in [0.25, 0.3) is 0 Å². The Kier molecular flexibility index (Phi) is 6.82. The summed E-state index contributed by atoms with van der Waals surface area (Å²) in [6, 6.07) is 21.0. The standard InChI is InChI=1S/C29H30N2O2/c1-6-25-24(18-21-10-8-7-9-11-21)19-26(33-5)28-27(25)30-29(31(28)16-17-32-4)23-14-12-22(13-15-23)20(2)3/h1,7-15,19-20H,16-18H2,2-5H3. The first kappa shape index (κ1) is 22.6. The molecule has 4 aromatic rings. The van der Waals surface area contributed by atoms with E-state index < -0.39 is 0 Å². The van der Waals surface area contributed by atoms with Gasteiger partial charge in [-0.3, -0.25) is 0 Å². The monoisotopic (exact) mass is 438 g/mol. The molecule has 0 radical (unpaired) electrons. The number of aromatic nitrogens is 2. The predicted octanol–water partition coefficient (Wildman–Crippen LogP) is 6.05. The number of nitrogens with zero attached hydrogens (tertiary/aromatic N) is 2. The van der Waals surface area contributed by atoms with Crippen LogP contribution in [0.2, 0.25) is 0 Å². The fourth-order valence-electron chi connectivity index (χ4n) is 4.24. The lowest BCUT2D eigenvalue weighted by atomic mass is 9.98. The molecule has 4 rings (SSSR count). The highest BCUT2D eigenvalue weighted by molar-refractivity contribution is 5.92. The Hall–Kier alpha value is -3.55. The van der Waals surface area contributed by atoms with Gasteiger partial charge in [-0.05, 0) is 35.1 Å². The zero-order valence-corrected chi connectivity index (χ0v) is 19.8. The molecule has 4 heteroatoms. The molecule has 0 N–H and O–H groups in total. The molecule has 0 unspecified atom stereocenters. The normalized spacial score (nSPS) is 11.2. The quantitative estimate of drug-likeness (QED) is 0.314. The smallest absolute Gasteiger partial charge is 0.145 e. The van der Waals surface area contributed by atoms with Crippen LogP contribution >= 0.6 is 0 Å². The van der Waals surface area contributed by atoms with E-state index in [-0.39, 0.29) is 0 Å². The van der Waals surface area contributed by atoms with Crippen molar-refractivity contribution < 1.29 is 9.47 Å². The van der Waals surface area contributed by atoms with Crippen LogP contribution in [0.5, 0.6) is 5.75 Å². The summed E-state index contributed by atoms with van der Waals surface area (Å²) in [6.07, 6.45) is 6.77. The van der Waals surface area contributed by atoms with Crippen LogP contribution in [-0.4, -0.2) is 30.4 Å². The van der Waals surface area contributed by atoms with Crippen LogP contribution in [0, 0.1) is 12.3 Å². The van der Waals surface area contributed by atoms with Gasteiger partial charge in [0.15, 0.2) is 0 Å². The minimum absolute atomic E-state index is 0.472. The van der Waals surface area contributed by atoms with Crippen molar-refractivity contribution in [3.63, 3.8) is 0 Å². The van der Waals surface area contributed by atoms with E-state index in [2.05, 4.69) is 66.8 Å². The molecule has 33 heavy (non-hydrogen) atoms. The number of terminal acetylenes is 1. The summed E-state index contributed by atoms with van der Waals surface area (Å²) in [4.78, 5) is 5.08. The highest BCUT2D eigenvalue weighted by Gasteiger charge is 2.21. The molecule has 0 aliphatic carbocycles. The lowest BCUT2D eigenvalue weighted by Gasteiger charge is -2.14. The maximum atomic E-state index is 6.05. The number of ether oxygens (including phenoxy) is 2. The third kappa shape index (κ3) is 4.51. The molecule has 0 saturated heterocycles. The minimum atomic E-state index is 0.472. The molecule has 0 amide bonds. The van der Waals surface area contributed by atoms with Gasteiger partial charge in [0, 0.05) is 19.2 Å². The number of benzene rings is 3. The van der Waals surface area contributed by atoms with Gasteiger partial charge in [-0.25, -0.2) is 4.98 Å². The van der Waals surface area contributed by atoms with E-state index in [0.717, 1.165) is 45.7 Å². The van der Waals surface area contributed by atoms with Crippen LogP contribution in [0.15, 0.2) is 60.7 Å². The number of rotatable bonds is 8. The van der Waals surface area contributed by atoms with E-state index in [1.54, 1.807) is 14.2 Å². The van der Waals surface area contributed by atoms with Crippen LogP contribution in [0.1, 0.15) is 42.0 Å². The molecule has 0 spiro atoms. The lowest BCUT2D eigenvalue weighted by molar-refractivity contribution is 0.188. The summed E-state index contributed by atoms with van der Waals surface area (Å²) in [5.41, 5.74) is 7.08. The predicted molar refractivity (Wildman–Crippen MR) is 135 cm³/mol. The summed E-state index contributed by atoms with van der Waals surface area (Å²) in [7, 11) is 3.40. The molecule has 0 atom stereocenters. The van der Waals surface area contributed by atoms with Crippen LogP contribution in [0.4, 0.5) is 0 Å². The molecule has 168 valence electrons. The first-order valence-corrected chi connectivity index (χ1v) is 11.3. The van der Waals surface area contributed by atoms with Crippen molar-refractivity contribution in [1.82, 2.24) is 9.55 Å². The van der Waals surface area contributed by atoms with E-state index in [1.165, 1.54) is 11.1 Å². The Bertz CT molecular complexity index is 1280. The zero-order chi connectivity index (χ0) is 23.4. The highest BCUT2D eigenvalue weighted by Crippen LogP contribution is 2.36. The van der Waals surface area contributed by atoms with Crippen molar-refractivity contribution in [2.45, 2.75) is 32.7 Å². The van der Waals surface area contributed by atoms with Gasteiger partial charge in [0.2, 0.25) is 0 Å². The average Bonchev–Trinajstić information content (AvgIpc) is 3.22. The molecule has 0 aliphatic heterocycles. The highest BCUT2D eigenvalue weighted by atomic mass is 16.5. The maximum absolute atomic E-state index is 6.05. The Morgan fingerprint density at radius 2 is 1.76 bits per heavy atom. The molecule has 0 bridgehead atoms. The van der Waals surface area contributed by atoms with Crippen LogP contribution in [0.3, 0.4) is 0 Å². The van der Waals surface area contributed by atoms with Gasteiger partial charge in [-0.2, -0.15) is 0 Å². The summed E-state index contributed by atoms with van der Waals surface area (Å²) >= 11 is 0. The van der Waals surface area contributed by atoms with Crippen molar-refractivity contribution in [2.75, 3.05) is 20.8 Å². The van der Waals surface area contributed by atoms with Crippen molar-refractivity contribution in [3.8, 4) is 29.5 Å². The van der Waals surface area contributed by atoms with Gasteiger partial charge < -0.3 is 14.0 Å². The van der Waals surface area contributed by atoms with Crippen LogP contribution in [-0.2, 0) is 17.7 Å². The van der Waals surface area contributed by atoms with Gasteiger partial charge in [-0.1, -0.05) is 74.4 Å². The second-order valence-electron chi connectivity index (χ2n) is 8.47. The Balaban J connectivity index is 1.94. The van der Waals surface area contributed by atoms with Crippen LogP contribution < -0.4 is 4.74 Å². The first-order valence-electron chi connectivity index (χ1n) is 11.3. The Morgan fingerprint density at radius 3 is 2.36 bits per heavy atom. The van der Waals surface area contributed by atoms with E-state index >= 15 is 0 Å². The molecule has 1 aromatic heterocycles. The second-order valence-corrected chi connectivity index (χ2v) is 8.47. The lowest BCUT2D eigenvalue weighted by Crippen LogP contribution is -2.07. The fraction of sp³-hybridized carbons (Fsp3) is 0.276. The van der Waals surface area contributed by atoms with E-state index in [0.29, 0.717) is 19.1 Å². The Morgan fingerprint density at radius 1 is 1.03 bits per heavy atom. The molecule has 1 heterocycles. The molecule has 3 aromatic carbocycles. The van der Waals surface area contributed by atoms with Crippen molar-refractivity contribution in [3.05, 3.63) is 82.9 Å². The topological polar surface area (TPSA) is 36.3 Å². The van der Waals surface area contributed by atoms with Crippen LogP contribution in [0.25, 0.3) is 22.4 Å². The number of methoxy groups -OCH3 is 2. The molecule has 0 aliphatic rings. The largest absolute Gasteiger partial charge is 0.494 e. The molecular formula is C29H30N2O2. The molecular weight excluding hydrogens is 408 g/mol. The molecule has 0 fully saturated rings. The third-order valence-corrected chi connectivity index (χ3v) is 6.02. The average molecular weight is 439 g/mol. The van der Waals surface area contributed by atoms with E-state index in [4.69, 9.17) is 20.9 Å². The summed E-state index contributed by atoms with van der Waals surface area (Å²) in [6.45, 7) is 5.60. The van der Waals surface area contributed by atoms with Crippen molar-refractivity contribution >= 4 is 11.0 Å². The number of imidazole rings is 1. The zero-order valence-electron chi connectivity index (χ0n) is 19.8. The number of hydrogen-bond acceptors (Lipinski definition) is 3. The third-order valence-electron chi connectivity index (χ3n) is 6.02. The maximum Gasteiger partial charge on any atom is 0.145 e. The molecule has 0 saturated carbocycles. The fourth-order valence-corrected chi connectivity index (χ4v) is 4.24. The second kappa shape index (κ2) is 9.94. The van der Waals surface area contributed by atoms with Crippen molar-refractivity contribution in [1.29, 1.82) is 0 Å². The molecule has 4 nitrogen and oxygen atoms in total. The first-order chi connectivity index (χ1) is 16.1. The summed E-state index contributed by atoms with van der Waals surface area (Å²) in [5, 5.41) is 0. The van der Waals surface area contributed by atoms with E-state index in [1.807, 2.05) is 18.2 Å². The minimum Gasteiger partial charge on any atom is -0.494 e. The summed E-state index contributed by atoms with van der Waals surface area (Å²) in [5.74, 6) is 5.02. The van der Waals surface area contributed by atoms with Gasteiger partial charge in [0.05, 0.1) is 19.3 Å². The van der Waals surface area contributed by atoms with Crippen molar-refractivity contribution in [2.24, 2.45) is 0 Å². The Labute approximate surface area is 196 Å². The van der Waals surface area contributed by atoms with Gasteiger partial charge in [0.1, 0.15) is 22.6 Å². The SMILES string of the molecule is C#Cc1c(Cc2ccccc2)cc(OC)c2c1nc(-c1ccc(C(C)C)cc1)n2CCOC. The van der Waals surface area contributed by atoms with Gasteiger partial charge in [-0.15, -0.1) is 6.42 Å².